The van der Waals surface area contributed by atoms with Gasteiger partial charge >= 0.3 is 17.9 Å². The van der Waals surface area contributed by atoms with Gasteiger partial charge in [-0.15, -0.1) is 0 Å². The van der Waals surface area contributed by atoms with Gasteiger partial charge in [-0.25, -0.2) is 0 Å². The molecule has 0 spiro atoms. The fourth-order valence-corrected chi connectivity index (χ4v) is 3.56. The molecule has 214 valence electrons. The summed E-state index contributed by atoms with van der Waals surface area (Å²) in [6, 6.07) is 1.06. The van der Waals surface area contributed by atoms with Gasteiger partial charge in [0.15, 0.2) is 12.2 Å². The predicted molar refractivity (Wildman–Crippen MR) is 133 cm³/mol. The molecule has 2 rings (SSSR count). The molecule has 1 aliphatic heterocycles. The first-order valence-electron chi connectivity index (χ1n) is 10.7. The number of nitrogens with zero attached hydrogens (tertiary/aromatic N) is 2. The third-order valence-corrected chi connectivity index (χ3v) is 5.42. The first-order valence-corrected chi connectivity index (χ1v) is 11.8. The average molecular weight is 616 g/mol. The Labute approximate surface area is 234 Å². The molecular formula is C20H21Cl3N4O12. The number of nitro groups is 2. The maximum Gasteiger partial charge on any atom is 0.303 e. The number of halogens is 3. The molecular weight excluding hydrogens is 595 g/mol. The standard InChI is InChI=1S/C20H21Cl3N4O12/c1-8(28)35-7-14-16(36-9(2)29)17(37-10(3)30)15(18(38-14)39-19(24)20(21,22)23)25-12-5-4-11(26(31)32)6-13(12)27(33)34/h4-6,14-18,24-25H,7H2,1-3H3/t14-,15-,16-,17-,18-/m1/s1. The number of ether oxygens (including phenoxy) is 5. The number of rotatable bonds is 9. The van der Waals surface area contributed by atoms with E-state index >= 15 is 0 Å². The molecule has 0 saturated carbocycles. The number of esters is 3. The zero-order chi connectivity index (χ0) is 29.7. The summed E-state index contributed by atoms with van der Waals surface area (Å²) < 4.78 is 24.3. The van der Waals surface area contributed by atoms with E-state index in [2.05, 4.69) is 5.32 Å². The van der Waals surface area contributed by atoms with Crippen molar-refractivity contribution in [2.24, 2.45) is 0 Å². The van der Waals surface area contributed by atoms with Crippen LogP contribution in [0.15, 0.2) is 18.2 Å². The van der Waals surface area contributed by atoms with Crippen molar-refractivity contribution in [3.63, 3.8) is 0 Å². The summed E-state index contributed by atoms with van der Waals surface area (Å²) in [5.41, 5.74) is -1.72. The van der Waals surface area contributed by atoms with Gasteiger partial charge in [0.2, 0.25) is 12.2 Å². The largest absolute Gasteiger partial charge is 0.463 e. The quantitative estimate of drug-likeness (QED) is 0.0777. The minimum atomic E-state index is -2.41. The Morgan fingerprint density at radius 2 is 1.59 bits per heavy atom. The number of hydrogen-bond donors (Lipinski definition) is 2. The van der Waals surface area contributed by atoms with Crippen LogP contribution < -0.4 is 5.32 Å². The third kappa shape index (κ3) is 8.77. The Morgan fingerprint density at radius 1 is 1.00 bits per heavy atom. The minimum absolute atomic E-state index is 0.342. The van der Waals surface area contributed by atoms with E-state index in [-0.39, 0.29) is 5.69 Å². The maximum atomic E-state index is 12.1. The van der Waals surface area contributed by atoms with E-state index < -0.39 is 86.1 Å². The molecule has 0 bridgehead atoms. The van der Waals surface area contributed by atoms with Crippen LogP contribution in [0.25, 0.3) is 0 Å². The number of alkyl halides is 3. The predicted octanol–water partition coefficient (Wildman–Crippen LogP) is 2.80. The topological polar surface area (TPSA) is 220 Å². The third-order valence-electron chi connectivity index (χ3n) is 4.90. The van der Waals surface area contributed by atoms with Gasteiger partial charge in [-0.1, -0.05) is 34.8 Å². The lowest BCUT2D eigenvalue weighted by Crippen LogP contribution is -2.64. The molecule has 1 fully saturated rings. The Balaban J connectivity index is 2.67. The number of carbonyl (C=O) groups is 3. The fourth-order valence-electron chi connectivity index (χ4n) is 3.43. The van der Waals surface area contributed by atoms with Crippen LogP contribution in [0.1, 0.15) is 20.8 Å². The summed E-state index contributed by atoms with van der Waals surface area (Å²) in [6.07, 6.45) is -6.22. The van der Waals surface area contributed by atoms with Crippen molar-refractivity contribution in [3.05, 3.63) is 38.4 Å². The molecule has 1 saturated heterocycles. The summed E-state index contributed by atoms with van der Waals surface area (Å²) in [6.45, 7) is 2.55. The highest BCUT2D eigenvalue weighted by molar-refractivity contribution is 6.76. The summed E-state index contributed by atoms with van der Waals surface area (Å²) in [7, 11) is 0. The molecule has 1 heterocycles. The average Bonchev–Trinajstić information content (AvgIpc) is 2.80. The number of carbonyl (C=O) groups excluding carboxylic acids is 3. The molecule has 16 nitrogen and oxygen atoms in total. The molecule has 0 unspecified atom stereocenters. The van der Waals surface area contributed by atoms with Gasteiger partial charge in [0.25, 0.3) is 15.2 Å². The van der Waals surface area contributed by atoms with Gasteiger partial charge in [-0.05, 0) is 6.07 Å². The second kappa shape index (κ2) is 13.1. The van der Waals surface area contributed by atoms with E-state index in [0.717, 1.165) is 32.9 Å². The van der Waals surface area contributed by atoms with Gasteiger partial charge in [-0.3, -0.25) is 40.0 Å². The van der Waals surface area contributed by atoms with Crippen molar-refractivity contribution in [1.29, 1.82) is 5.41 Å². The highest BCUT2D eigenvalue weighted by Crippen LogP contribution is 2.36. The van der Waals surface area contributed by atoms with Crippen molar-refractivity contribution in [3.8, 4) is 0 Å². The molecule has 19 heteroatoms. The van der Waals surface area contributed by atoms with Crippen LogP contribution in [0.4, 0.5) is 17.1 Å². The summed E-state index contributed by atoms with van der Waals surface area (Å²) >= 11 is 17.1. The lowest BCUT2D eigenvalue weighted by molar-refractivity contribution is -0.393. The molecule has 1 aliphatic rings. The highest BCUT2D eigenvalue weighted by Gasteiger charge is 2.53. The number of non-ortho nitro benzene ring substituents is 1. The lowest BCUT2D eigenvalue weighted by atomic mass is 9.95. The SMILES string of the molecule is CC(=O)OC[C@H]1O[C@H](OC(=N)C(Cl)(Cl)Cl)[C@H](Nc2ccc([N+](=O)[O-])cc2[N+](=O)[O-])[C@@H](OC(C)=O)[C@@H]1OC(C)=O. The first-order chi connectivity index (χ1) is 18.0. The Hall–Kier alpha value is -3.47. The summed E-state index contributed by atoms with van der Waals surface area (Å²) in [4.78, 5) is 56.4. The molecule has 0 aliphatic carbocycles. The number of nitrogens with one attached hydrogen (secondary N) is 2. The molecule has 5 atom stereocenters. The van der Waals surface area contributed by atoms with E-state index in [1.807, 2.05) is 0 Å². The van der Waals surface area contributed by atoms with Gasteiger partial charge < -0.3 is 29.0 Å². The van der Waals surface area contributed by atoms with Crippen LogP contribution in [0, 0.1) is 25.6 Å². The molecule has 0 radical (unpaired) electrons. The molecule has 1 aromatic rings. The second-order valence-corrected chi connectivity index (χ2v) is 10.1. The van der Waals surface area contributed by atoms with E-state index in [1.165, 1.54) is 0 Å². The second-order valence-electron chi connectivity index (χ2n) is 7.82. The van der Waals surface area contributed by atoms with Crippen LogP contribution >= 0.6 is 34.8 Å². The monoisotopic (exact) mass is 614 g/mol. The van der Waals surface area contributed by atoms with Crippen LogP contribution in [-0.4, -0.2) is 74.7 Å². The molecule has 39 heavy (non-hydrogen) atoms. The van der Waals surface area contributed by atoms with E-state index in [9.17, 15) is 34.6 Å². The Bertz CT molecular complexity index is 1160. The zero-order valence-corrected chi connectivity index (χ0v) is 22.5. The van der Waals surface area contributed by atoms with Crippen molar-refractivity contribution < 1.29 is 47.9 Å². The fraction of sp³-hybridized carbons (Fsp3) is 0.500. The van der Waals surface area contributed by atoms with E-state index in [4.69, 9.17) is 63.9 Å². The van der Waals surface area contributed by atoms with E-state index in [0.29, 0.717) is 6.07 Å². The van der Waals surface area contributed by atoms with E-state index in [1.54, 1.807) is 0 Å². The lowest BCUT2D eigenvalue weighted by Gasteiger charge is -2.45. The summed E-state index contributed by atoms with van der Waals surface area (Å²) in [5.74, 6) is -3.52. The van der Waals surface area contributed by atoms with Gasteiger partial charge in [0.1, 0.15) is 24.4 Å². The normalized spacial score (nSPS) is 22.7. The molecule has 0 aromatic heterocycles. The van der Waals surface area contributed by atoms with Crippen molar-refractivity contribution in [1.82, 2.24) is 0 Å². The number of benzene rings is 1. The van der Waals surface area contributed by atoms with Crippen LogP contribution in [0.3, 0.4) is 0 Å². The Kier molecular flexibility index (Phi) is 10.6. The van der Waals surface area contributed by atoms with Crippen molar-refractivity contribution >= 4 is 75.7 Å². The van der Waals surface area contributed by atoms with Crippen molar-refractivity contribution in [2.75, 3.05) is 11.9 Å². The Morgan fingerprint density at radius 3 is 2.08 bits per heavy atom. The first kappa shape index (κ1) is 31.7. The molecule has 0 amide bonds. The maximum absolute atomic E-state index is 12.1. The summed E-state index contributed by atoms with van der Waals surface area (Å²) in [5, 5.41) is 33.4. The zero-order valence-electron chi connectivity index (χ0n) is 20.3. The van der Waals surface area contributed by atoms with Crippen molar-refractivity contribution in [2.45, 2.75) is 55.2 Å². The smallest absolute Gasteiger partial charge is 0.303 e. The molecule has 2 N–H and O–H groups in total. The van der Waals surface area contributed by atoms with Crippen LogP contribution in [-0.2, 0) is 38.1 Å². The molecule has 1 aromatic carbocycles. The minimum Gasteiger partial charge on any atom is -0.463 e. The number of nitro benzene ring substituents is 2. The van der Waals surface area contributed by atoms with Crippen LogP contribution in [0.5, 0.6) is 0 Å². The number of anilines is 1. The van der Waals surface area contributed by atoms with Gasteiger partial charge in [-0.2, -0.15) is 0 Å². The van der Waals surface area contributed by atoms with Gasteiger partial charge in [0, 0.05) is 26.8 Å². The van der Waals surface area contributed by atoms with Gasteiger partial charge in [0.05, 0.1) is 15.9 Å². The number of hydrogen-bond acceptors (Lipinski definition) is 14. The highest BCUT2D eigenvalue weighted by atomic mass is 35.6. The van der Waals surface area contributed by atoms with Crippen LogP contribution in [0.2, 0.25) is 0 Å².